The molecule has 2 nitrogen and oxygen atoms in total. The highest BCUT2D eigenvalue weighted by atomic mass is 15.1. The minimum absolute atomic E-state index is 1.14. The molecule has 0 amide bonds. The van der Waals surface area contributed by atoms with Crippen molar-refractivity contribution in [3.05, 3.63) is 17.5 Å². The number of unbranched alkanes of at least 4 members (excludes halogenated alkanes) is 1. The number of nitrogens with zero attached hydrogens (tertiary/aromatic N) is 1. The first kappa shape index (κ1) is 9.30. The van der Waals surface area contributed by atoms with E-state index in [2.05, 4.69) is 24.0 Å². The van der Waals surface area contributed by atoms with Crippen molar-refractivity contribution in [3.63, 3.8) is 0 Å². The highest BCUT2D eigenvalue weighted by molar-refractivity contribution is 5.16. The van der Waals surface area contributed by atoms with Crippen molar-refractivity contribution in [2.45, 2.75) is 46.0 Å². The molecule has 0 fully saturated rings. The summed E-state index contributed by atoms with van der Waals surface area (Å²) < 4.78 is 0. The van der Waals surface area contributed by atoms with E-state index >= 15 is 0 Å². The first-order chi connectivity index (χ1) is 5.88. The largest absolute Gasteiger partial charge is 0.282 e. The Balaban J connectivity index is 2.51. The van der Waals surface area contributed by atoms with Gasteiger partial charge in [-0.25, -0.2) is 0 Å². The number of rotatable bonds is 5. The van der Waals surface area contributed by atoms with Crippen LogP contribution in [0.3, 0.4) is 0 Å². The summed E-state index contributed by atoms with van der Waals surface area (Å²) >= 11 is 0. The van der Waals surface area contributed by atoms with E-state index < -0.39 is 0 Å². The van der Waals surface area contributed by atoms with Crippen molar-refractivity contribution in [2.75, 3.05) is 0 Å². The molecule has 1 rings (SSSR count). The molecular formula is C10H18N2. The molecule has 1 N–H and O–H groups in total. The van der Waals surface area contributed by atoms with Crippen molar-refractivity contribution in [3.8, 4) is 0 Å². The summed E-state index contributed by atoms with van der Waals surface area (Å²) in [6, 6.07) is 0. The van der Waals surface area contributed by atoms with Gasteiger partial charge in [-0.15, -0.1) is 0 Å². The van der Waals surface area contributed by atoms with Crippen LogP contribution in [-0.4, -0.2) is 10.2 Å². The Morgan fingerprint density at radius 1 is 1.25 bits per heavy atom. The SMILES string of the molecule is CCCCc1cn[nH]c1CCC. The maximum atomic E-state index is 4.07. The molecule has 0 radical (unpaired) electrons. The summed E-state index contributed by atoms with van der Waals surface area (Å²) in [5, 5.41) is 7.13. The fourth-order valence-corrected chi connectivity index (χ4v) is 1.39. The minimum atomic E-state index is 1.14. The predicted molar refractivity (Wildman–Crippen MR) is 51.2 cm³/mol. The Hall–Kier alpha value is -0.790. The Morgan fingerprint density at radius 3 is 2.75 bits per heavy atom. The van der Waals surface area contributed by atoms with Gasteiger partial charge in [0.2, 0.25) is 0 Å². The van der Waals surface area contributed by atoms with Crippen LogP contribution in [0.4, 0.5) is 0 Å². The van der Waals surface area contributed by atoms with Crippen LogP contribution < -0.4 is 0 Å². The van der Waals surface area contributed by atoms with Gasteiger partial charge in [-0.2, -0.15) is 5.10 Å². The van der Waals surface area contributed by atoms with E-state index in [1.165, 1.54) is 36.9 Å². The lowest BCUT2D eigenvalue weighted by molar-refractivity contribution is 0.777. The second kappa shape index (κ2) is 4.96. The number of hydrogen-bond donors (Lipinski definition) is 1. The minimum Gasteiger partial charge on any atom is -0.282 e. The molecule has 0 bridgehead atoms. The lowest BCUT2D eigenvalue weighted by atomic mass is 10.1. The van der Waals surface area contributed by atoms with E-state index in [4.69, 9.17) is 0 Å². The molecule has 68 valence electrons. The fourth-order valence-electron chi connectivity index (χ4n) is 1.39. The van der Waals surface area contributed by atoms with E-state index in [1.807, 2.05) is 6.20 Å². The Bertz CT molecular complexity index is 215. The number of aryl methyl sites for hydroxylation is 2. The first-order valence-corrected chi connectivity index (χ1v) is 4.89. The van der Waals surface area contributed by atoms with Gasteiger partial charge in [0.1, 0.15) is 0 Å². The smallest absolute Gasteiger partial charge is 0.0522 e. The number of aromatic nitrogens is 2. The maximum absolute atomic E-state index is 4.07. The lowest BCUT2D eigenvalue weighted by Gasteiger charge is -1.99. The first-order valence-electron chi connectivity index (χ1n) is 4.89. The monoisotopic (exact) mass is 166 g/mol. The Kier molecular flexibility index (Phi) is 3.85. The highest BCUT2D eigenvalue weighted by Crippen LogP contribution is 2.10. The van der Waals surface area contributed by atoms with Gasteiger partial charge in [-0.1, -0.05) is 26.7 Å². The standard InChI is InChI=1S/C10H18N2/c1-3-5-7-9-8-11-12-10(9)6-4-2/h8H,3-7H2,1-2H3,(H,11,12). The summed E-state index contributed by atoms with van der Waals surface area (Å²) in [7, 11) is 0. The molecule has 0 aliphatic heterocycles. The van der Waals surface area contributed by atoms with Crippen LogP contribution in [0.5, 0.6) is 0 Å². The van der Waals surface area contributed by atoms with Crippen LogP contribution in [0.25, 0.3) is 0 Å². The van der Waals surface area contributed by atoms with Crippen LogP contribution in [0.2, 0.25) is 0 Å². The average Bonchev–Trinajstić information content (AvgIpc) is 2.50. The van der Waals surface area contributed by atoms with Crippen molar-refractivity contribution < 1.29 is 0 Å². The normalized spacial score (nSPS) is 10.5. The maximum Gasteiger partial charge on any atom is 0.0522 e. The van der Waals surface area contributed by atoms with E-state index in [0.717, 1.165) is 6.42 Å². The molecule has 2 heteroatoms. The predicted octanol–water partition coefficient (Wildman–Crippen LogP) is 2.70. The molecule has 0 saturated carbocycles. The van der Waals surface area contributed by atoms with Gasteiger partial charge in [0, 0.05) is 5.69 Å². The summed E-state index contributed by atoms with van der Waals surface area (Å²) in [6.07, 6.45) is 8.02. The third-order valence-electron chi connectivity index (χ3n) is 2.11. The van der Waals surface area contributed by atoms with Crippen LogP contribution in [0.15, 0.2) is 6.20 Å². The molecule has 0 spiro atoms. The zero-order valence-electron chi connectivity index (χ0n) is 8.06. The quantitative estimate of drug-likeness (QED) is 0.715. The number of H-pyrrole nitrogens is 1. The van der Waals surface area contributed by atoms with Crippen LogP contribution >= 0.6 is 0 Å². The van der Waals surface area contributed by atoms with Gasteiger partial charge in [0.05, 0.1) is 6.20 Å². The second-order valence-electron chi connectivity index (χ2n) is 3.23. The fraction of sp³-hybridized carbons (Fsp3) is 0.700. The molecule has 0 saturated heterocycles. The summed E-state index contributed by atoms with van der Waals surface area (Å²) in [5.41, 5.74) is 2.75. The summed E-state index contributed by atoms with van der Waals surface area (Å²) in [4.78, 5) is 0. The molecule has 12 heavy (non-hydrogen) atoms. The van der Waals surface area contributed by atoms with Crippen LogP contribution in [0, 0.1) is 0 Å². The molecular weight excluding hydrogens is 148 g/mol. The number of hydrogen-bond acceptors (Lipinski definition) is 1. The highest BCUT2D eigenvalue weighted by Gasteiger charge is 2.02. The molecule has 1 aromatic rings. The van der Waals surface area contributed by atoms with Gasteiger partial charge in [-0.05, 0) is 24.8 Å². The topological polar surface area (TPSA) is 28.7 Å². The van der Waals surface area contributed by atoms with Crippen LogP contribution in [0.1, 0.15) is 44.4 Å². The molecule has 1 aromatic heterocycles. The molecule has 0 unspecified atom stereocenters. The zero-order valence-corrected chi connectivity index (χ0v) is 8.06. The molecule has 0 aliphatic carbocycles. The Labute approximate surface area is 74.4 Å². The Morgan fingerprint density at radius 2 is 2.08 bits per heavy atom. The van der Waals surface area contributed by atoms with Crippen molar-refractivity contribution in [1.82, 2.24) is 10.2 Å². The van der Waals surface area contributed by atoms with Gasteiger partial charge in [-0.3, -0.25) is 5.10 Å². The van der Waals surface area contributed by atoms with Crippen molar-refractivity contribution >= 4 is 0 Å². The lowest BCUT2D eigenvalue weighted by Crippen LogP contribution is -1.91. The van der Waals surface area contributed by atoms with E-state index in [0.29, 0.717) is 0 Å². The van der Waals surface area contributed by atoms with Crippen molar-refractivity contribution in [2.24, 2.45) is 0 Å². The van der Waals surface area contributed by atoms with Gasteiger partial charge >= 0.3 is 0 Å². The molecule has 0 atom stereocenters. The number of aromatic amines is 1. The van der Waals surface area contributed by atoms with E-state index in [-0.39, 0.29) is 0 Å². The summed E-state index contributed by atoms with van der Waals surface area (Å²) in [5.74, 6) is 0. The van der Waals surface area contributed by atoms with Crippen molar-refractivity contribution in [1.29, 1.82) is 0 Å². The summed E-state index contributed by atoms with van der Waals surface area (Å²) in [6.45, 7) is 4.42. The average molecular weight is 166 g/mol. The van der Waals surface area contributed by atoms with Gasteiger partial charge < -0.3 is 0 Å². The molecule has 0 aromatic carbocycles. The van der Waals surface area contributed by atoms with E-state index in [1.54, 1.807) is 0 Å². The zero-order chi connectivity index (χ0) is 8.81. The second-order valence-corrected chi connectivity index (χ2v) is 3.23. The third-order valence-corrected chi connectivity index (χ3v) is 2.11. The van der Waals surface area contributed by atoms with E-state index in [9.17, 15) is 0 Å². The third kappa shape index (κ3) is 2.36. The van der Waals surface area contributed by atoms with Gasteiger partial charge in [0.25, 0.3) is 0 Å². The van der Waals surface area contributed by atoms with Crippen LogP contribution in [-0.2, 0) is 12.8 Å². The van der Waals surface area contributed by atoms with Gasteiger partial charge in [0.15, 0.2) is 0 Å². The molecule has 0 aliphatic rings. The number of nitrogens with one attached hydrogen (secondary N) is 1. The molecule has 1 heterocycles.